The summed E-state index contributed by atoms with van der Waals surface area (Å²) >= 11 is 0. The summed E-state index contributed by atoms with van der Waals surface area (Å²) in [6.45, 7) is 4.27. The molecule has 0 radical (unpaired) electrons. The van der Waals surface area contributed by atoms with Crippen LogP contribution in [0.25, 0.3) is 0 Å². The van der Waals surface area contributed by atoms with Gasteiger partial charge in [-0.3, -0.25) is 9.59 Å². The van der Waals surface area contributed by atoms with Crippen LogP contribution in [0.15, 0.2) is 18.2 Å². The molecule has 2 amide bonds. The van der Waals surface area contributed by atoms with Gasteiger partial charge in [-0.1, -0.05) is 0 Å². The first-order valence-corrected chi connectivity index (χ1v) is 7.76. The van der Waals surface area contributed by atoms with E-state index in [2.05, 4.69) is 5.32 Å². The molecule has 1 aromatic carbocycles. The summed E-state index contributed by atoms with van der Waals surface area (Å²) in [5.41, 5.74) is 0.289. The van der Waals surface area contributed by atoms with Gasteiger partial charge in [-0.25, -0.2) is 8.78 Å². The molecule has 2 heterocycles. The Morgan fingerprint density at radius 1 is 1.25 bits per heavy atom. The predicted molar refractivity (Wildman–Crippen MR) is 88.1 cm³/mol. The van der Waals surface area contributed by atoms with Gasteiger partial charge >= 0.3 is 0 Å². The van der Waals surface area contributed by atoms with Gasteiger partial charge in [0.25, 0.3) is 0 Å². The van der Waals surface area contributed by atoms with Crippen molar-refractivity contribution in [2.45, 2.75) is 19.4 Å². The lowest BCUT2D eigenvalue weighted by molar-refractivity contribution is -0.142. The molecular weight excluding hydrogens is 340 g/mol. The monoisotopic (exact) mass is 359 g/mol. The summed E-state index contributed by atoms with van der Waals surface area (Å²) in [5, 5.41) is 3.20. The number of nitrogens with zero attached hydrogens (tertiary/aromatic N) is 2. The first-order valence-electron chi connectivity index (χ1n) is 7.76. The number of amides is 2. The molecule has 0 aliphatic carbocycles. The van der Waals surface area contributed by atoms with Gasteiger partial charge in [0.15, 0.2) is 11.6 Å². The molecule has 2 saturated heterocycles. The highest BCUT2D eigenvalue weighted by molar-refractivity contribution is 6.09. The van der Waals surface area contributed by atoms with Gasteiger partial charge in [-0.05, 0) is 25.5 Å². The van der Waals surface area contributed by atoms with E-state index >= 15 is 0 Å². The standard InChI is InChI=1S/C16H19F2N3O2.ClH/c1-10-9-19-5-7-20(10)15(22)12-4-6-21(16(12)23)11-2-3-13(17)14(18)8-11;/h2-3,8,10,12,19H,4-7,9H2,1H3;1H/t10-,12?;/m0./s1. The van der Waals surface area contributed by atoms with Gasteiger partial charge in [0.1, 0.15) is 5.92 Å². The van der Waals surface area contributed by atoms with Crippen LogP contribution in [-0.2, 0) is 9.59 Å². The first-order chi connectivity index (χ1) is 11.0. The maximum Gasteiger partial charge on any atom is 0.239 e. The van der Waals surface area contributed by atoms with Crippen LogP contribution in [0.5, 0.6) is 0 Å². The van der Waals surface area contributed by atoms with Crippen molar-refractivity contribution in [1.29, 1.82) is 0 Å². The Bertz CT molecular complexity index is 644. The molecule has 2 atom stereocenters. The Labute approximate surface area is 145 Å². The number of anilines is 1. The van der Waals surface area contributed by atoms with Crippen molar-refractivity contribution in [3.63, 3.8) is 0 Å². The summed E-state index contributed by atoms with van der Waals surface area (Å²) < 4.78 is 26.4. The number of piperazine rings is 1. The van der Waals surface area contributed by atoms with Crippen molar-refractivity contribution in [2.75, 3.05) is 31.1 Å². The normalized spacial score (nSPS) is 24.0. The van der Waals surface area contributed by atoms with Crippen LogP contribution in [-0.4, -0.2) is 48.9 Å². The second-order valence-electron chi connectivity index (χ2n) is 6.01. The van der Waals surface area contributed by atoms with Crippen molar-refractivity contribution >= 4 is 29.9 Å². The lowest BCUT2D eigenvalue weighted by Gasteiger charge is -2.35. The van der Waals surface area contributed by atoms with Crippen LogP contribution in [0.2, 0.25) is 0 Å². The number of halogens is 3. The molecule has 8 heteroatoms. The fourth-order valence-corrected chi connectivity index (χ4v) is 3.19. The minimum atomic E-state index is -0.999. The fourth-order valence-electron chi connectivity index (χ4n) is 3.19. The van der Waals surface area contributed by atoms with Crippen molar-refractivity contribution in [1.82, 2.24) is 10.2 Å². The highest BCUT2D eigenvalue weighted by atomic mass is 35.5. The Balaban J connectivity index is 0.00000208. The van der Waals surface area contributed by atoms with Crippen molar-refractivity contribution in [3.05, 3.63) is 29.8 Å². The lowest BCUT2D eigenvalue weighted by atomic mass is 10.0. The molecule has 0 aromatic heterocycles. The van der Waals surface area contributed by atoms with E-state index in [1.165, 1.54) is 11.0 Å². The zero-order chi connectivity index (χ0) is 16.6. The zero-order valence-electron chi connectivity index (χ0n) is 13.3. The molecule has 132 valence electrons. The van der Waals surface area contributed by atoms with E-state index in [9.17, 15) is 18.4 Å². The molecule has 2 aliphatic rings. The molecule has 2 fully saturated rings. The maximum atomic E-state index is 13.4. The van der Waals surface area contributed by atoms with Gasteiger partial charge < -0.3 is 15.1 Å². The van der Waals surface area contributed by atoms with E-state index in [1.54, 1.807) is 4.90 Å². The number of nitrogens with one attached hydrogen (secondary N) is 1. The van der Waals surface area contributed by atoms with Crippen LogP contribution in [0, 0.1) is 17.6 Å². The number of rotatable bonds is 2. The molecule has 0 bridgehead atoms. The average Bonchev–Trinajstić information content (AvgIpc) is 2.91. The third-order valence-electron chi connectivity index (χ3n) is 4.50. The van der Waals surface area contributed by atoms with Gasteiger partial charge in [0.05, 0.1) is 0 Å². The van der Waals surface area contributed by atoms with Crippen molar-refractivity contribution < 1.29 is 18.4 Å². The molecule has 0 spiro atoms. The minimum Gasteiger partial charge on any atom is -0.337 e. The number of benzene rings is 1. The predicted octanol–water partition coefficient (Wildman–Crippen LogP) is 1.56. The molecular formula is C16H20ClF2N3O2. The van der Waals surface area contributed by atoms with Crippen LogP contribution in [0.1, 0.15) is 13.3 Å². The van der Waals surface area contributed by atoms with Crippen molar-refractivity contribution in [3.8, 4) is 0 Å². The molecule has 1 unspecified atom stereocenters. The van der Waals surface area contributed by atoms with E-state index in [4.69, 9.17) is 0 Å². The van der Waals surface area contributed by atoms with Gasteiger partial charge in [-0.15, -0.1) is 12.4 Å². The Kier molecular flexibility index (Phi) is 5.77. The van der Waals surface area contributed by atoms with E-state index in [0.717, 1.165) is 12.1 Å². The van der Waals surface area contributed by atoms with Gasteiger partial charge in [0, 0.05) is 44.0 Å². The average molecular weight is 360 g/mol. The molecule has 0 saturated carbocycles. The summed E-state index contributed by atoms with van der Waals surface area (Å²) in [5.74, 6) is -3.20. The van der Waals surface area contributed by atoms with Gasteiger partial charge in [-0.2, -0.15) is 0 Å². The summed E-state index contributed by atoms with van der Waals surface area (Å²) in [7, 11) is 0. The SMILES string of the molecule is C[C@H]1CNCCN1C(=O)C1CCN(c2ccc(F)c(F)c2)C1=O.Cl. The highest BCUT2D eigenvalue weighted by Gasteiger charge is 2.41. The second kappa shape index (κ2) is 7.44. The maximum absolute atomic E-state index is 13.4. The smallest absolute Gasteiger partial charge is 0.239 e. The molecule has 1 aromatic rings. The summed E-state index contributed by atoms with van der Waals surface area (Å²) in [6, 6.07) is 3.39. The van der Waals surface area contributed by atoms with Crippen molar-refractivity contribution in [2.24, 2.45) is 5.92 Å². The first kappa shape index (κ1) is 18.6. The molecule has 3 rings (SSSR count). The third kappa shape index (κ3) is 3.37. The van der Waals surface area contributed by atoms with Crippen LogP contribution in [0.4, 0.5) is 14.5 Å². The van der Waals surface area contributed by atoms with Gasteiger partial charge in [0.2, 0.25) is 11.8 Å². The van der Waals surface area contributed by atoms with E-state index < -0.39 is 17.6 Å². The van der Waals surface area contributed by atoms with Crippen LogP contribution < -0.4 is 10.2 Å². The number of hydrogen-bond acceptors (Lipinski definition) is 3. The van der Waals surface area contributed by atoms with Crippen LogP contribution >= 0.6 is 12.4 Å². The Morgan fingerprint density at radius 3 is 2.67 bits per heavy atom. The second-order valence-corrected chi connectivity index (χ2v) is 6.01. The number of carbonyl (C=O) groups excluding carboxylic acids is 2. The lowest BCUT2D eigenvalue weighted by Crippen LogP contribution is -2.54. The number of hydrogen-bond donors (Lipinski definition) is 1. The van der Waals surface area contributed by atoms with E-state index in [0.29, 0.717) is 32.6 Å². The molecule has 24 heavy (non-hydrogen) atoms. The largest absolute Gasteiger partial charge is 0.337 e. The Hall–Kier alpha value is -1.73. The van der Waals surface area contributed by atoms with Crippen LogP contribution in [0.3, 0.4) is 0 Å². The summed E-state index contributed by atoms with van der Waals surface area (Å²) in [4.78, 5) is 28.3. The zero-order valence-corrected chi connectivity index (χ0v) is 14.1. The quantitative estimate of drug-likeness (QED) is 0.815. The topological polar surface area (TPSA) is 52.7 Å². The molecule has 5 nitrogen and oxygen atoms in total. The minimum absolute atomic E-state index is 0. The van der Waals surface area contributed by atoms with E-state index in [1.807, 2.05) is 6.92 Å². The molecule has 1 N–H and O–H groups in total. The highest BCUT2D eigenvalue weighted by Crippen LogP contribution is 2.28. The fraction of sp³-hybridized carbons (Fsp3) is 0.500. The number of carbonyl (C=O) groups is 2. The molecule has 2 aliphatic heterocycles. The third-order valence-corrected chi connectivity index (χ3v) is 4.50. The Morgan fingerprint density at radius 2 is 2.00 bits per heavy atom. The van der Waals surface area contributed by atoms with E-state index in [-0.39, 0.29) is 36.0 Å². The summed E-state index contributed by atoms with van der Waals surface area (Å²) in [6.07, 6.45) is 0.396.